The van der Waals surface area contributed by atoms with Gasteiger partial charge in [0.2, 0.25) is 0 Å². The predicted octanol–water partition coefficient (Wildman–Crippen LogP) is 2.19. The average Bonchev–Trinajstić information content (AvgIpc) is 3.03. The number of aromatic nitrogens is 2. The van der Waals surface area contributed by atoms with E-state index in [0.717, 1.165) is 5.06 Å². The van der Waals surface area contributed by atoms with Crippen LogP contribution in [0.15, 0.2) is 36.8 Å². The van der Waals surface area contributed by atoms with Gasteiger partial charge in [0.25, 0.3) is 11.8 Å². The van der Waals surface area contributed by atoms with Crippen LogP contribution < -0.4 is 0 Å². The first-order valence-corrected chi connectivity index (χ1v) is 6.71. The summed E-state index contributed by atoms with van der Waals surface area (Å²) in [6, 6.07) is 6.97. The number of hydrogen-bond donors (Lipinski definition) is 0. The molecule has 2 heterocycles. The first-order valence-electron chi connectivity index (χ1n) is 6.71. The van der Waals surface area contributed by atoms with Gasteiger partial charge in [0.05, 0.1) is 23.1 Å². The Morgan fingerprint density at radius 1 is 1.14 bits per heavy atom. The molecule has 2 amide bonds. The van der Waals surface area contributed by atoms with Crippen LogP contribution in [-0.4, -0.2) is 26.4 Å². The highest BCUT2D eigenvalue weighted by atomic mass is 16.7. The molecule has 6 heteroatoms. The molecule has 0 N–H and O–H groups in total. The van der Waals surface area contributed by atoms with Crippen molar-refractivity contribution in [1.82, 2.24) is 14.6 Å². The summed E-state index contributed by atoms with van der Waals surface area (Å²) < 4.78 is 1.93. The van der Waals surface area contributed by atoms with Crippen molar-refractivity contribution in [3.8, 4) is 0 Å². The lowest BCUT2D eigenvalue weighted by Crippen LogP contribution is -2.29. The van der Waals surface area contributed by atoms with Gasteiger partial charge in [-0.15, -0.1) is 5.06 Å². The van der Waals surface area contributed by atoms with Gasteiger partial charge in [0.1, 0.15) is 6.61 Å². The number of rotatable bonds is 4. The van der Waals surface area contributed by atoms with E-state index in [1.165, 1.54) is 0 Å². The number of imide groups is 1. The molecule has 6 nitrogen and oxygen atoms in total. The minimum Gasteiger partial charge on any atom is -0.335 e. The zero-order valence-corrected chi connectivity index (χ0v) is 11.8. The molecular weight excluding hydrogens is 270 g/mol. The summed E-state index contributed by atoms with van der Waals surface area (Å²) >= 11 is 0. The number of nitrogens with zero attached hydrogens (tertiary/aromatic N) is 3. The Kier molecular flexibility index (Phi) is 3.31. The highest BCUT2D eigenvalue weighted by Gasteiger charge is 2.36. The van der Waals surface area contributed by atoms with Crippen molar-refractivity contribution in [2.24, 2.45) is 0 Å². The highest BCUT2D eigenvalue weighted by molar-refractivity contribution is 6.20. The van der Waals surface area contributed by atoms with Gasteiger partial charge in [-0.2, -0.15) is 0 Å². The summed E-state index contributed by atoms with van der Waals surface area (Å²) in [6.07, 6.45) is 3.54. The Balaban J connectivity index is 1.72. The van der Waals surface area contributed by atoms with Crippen LogP contribution in [0.5, 0.6) is 0 Å². The zero-order chi connectivity index (χ0) is 15.0. The Labute approximate surface area is 121 Å². The molecule has 0 radical (unpaired) electrons. The van der Waals surface area contributed by atoms with Gasteiger partial charge in [-0.1, -0.05) is 12.1 Å². The summed E-state index contributed by atoms with van der Waals surface area (Å²) in [5, 5.41) is 0.805. The molecule has 0 saturated carbocycles. The third-order valence-electron chi connectivity index (χ3n) is 3.35. The van der Waals surface area contributed by atoms with Crippen LogP contribution in [0.3, 0.4) is 0 Å². The molecule has 1 aromatic carbocycles. The molecule has 0 saturated heterocycles. The summed E-state index contributed by atoms with van der Waals surface area (Å²) in [4.78, 5) is 33.7. The first-order chi connectivity index (χ1) is 10.1. The minimum atomic E-state index is -0.432. The third kappa shape index (κ3) is 2.34. The molecule has 0 fully saturated rings. The molecule has 0 atom stereocenters. The maximum absolute atomic E-state index is 12.1. The van der Waals surface area contributed by atoms with Crippen molar-refractivity contribution < 1.29 is 14.4 Å². The van der Waals surface area contributed by atoms with E-state index < -0.39 is 11.8 Å². The largest absolute Gasteiger partial charge is 0.335 e. The number of carbonyl (C=O) groups is 2. The van der Waals surface area contributed by atoms with E-state index in [-0.39, 0.29) is 6.61 Å². The first kappa shape index (κ1) is 13.5. The molecule has 2 aromatic rings. The molecule has 1 aliphatic heterocycles. The van der Waals surface area contributed by atoms with Crippen molar-refractivity contribution >= 4 is 11.8 Å². The van der Waals surface area contributed by atoms with Crippen molar-refractivity contribution in [1.29, 1.82) is 0 Å². The molecule has 1 aromatic heterocycles. The topological polar surface area (TPSA) is 64.4 Å². The van der Waals surface area contributed by atoms with Crippen molar-refractivity contribution in [3.05, 3.63) is 53.6 Å². The third-order valence-corrected chi connectivity index (χ3v) is 3.35. The summed E-state index contributed by atoms with van der Waals surface area (Å²) in [5.74, 6) is -0.863. The van der Waals surface area contributed by atoms with E-state index in [0.29, 0.717) is 22.9 Å². The fourth-order valence-electron chi connectivity index (χ4n) is 2.15. The van der Waals surface area contributed by atoms with Gasteiger partial charge in [0.15, 0.2) is 0 Å². The average molecular weight is 285 g/mol. The van der Waals surface area contributed by atoms with Crippen molar-refractivity contribution in [3.63, 3.8) is 0 Å². The molecule has 0 aliphatic carbocycles. The highest BCUT2D eigenvalue weighted by Crippen LogP contribution is 2.23. The smallest absolute Gasteiger partial charge is 0.285 e. The molecule has 3 rings (SSSR count). The Bertz CT molecular complexity index is 671. The molecule has 0 spiro atoms. The molecule has 0 unspecified atom stereocenters. The molecular formula is C15H15N3O3. The van der Waals surface area contributed by atoms with Crippen LogP contribution in [0.1, 0.15) is 46.3 Å². The number of imidazole rings is 1. The van der Waals surface area contributed by atoms with E-state index in [1.807, 2.05) is 24.6 Å². The van der Waals surface area contributed by atoms with Gasteiger partial charge >= 0.3 is 0 Å². The van der Waals surface area contributed by atoms with Gasteiger partial charge in [-0.05, 0) is 26.0 Å². The summed E-state index contributed by atoms with van der Waals surface area (Å²) in [5.41, 5.74) is 1.41. The second kappa shape index (κ2) is 5.14. The maximum atomic E-state index is 12.1. The lowest BCUT2D eigenvalue weighted by Gasteiger charge is -2.12. The van der Waals surface area contributed by atoms with Gasteiger partial charge < -0.3 is 4.57 Å². The Morgan fingerprint density at radius 3 is 2.29 bits per heavy atom. The van der Waals surface area contributed by atoms with Crippen LogP contribution in [0.25, 0.3) is 0 Å². The fourth-order valence-corrected chi connectivity index (χ4v) is 2.15. The lowest BCUT2D eigenvalue weighted by molar-refractivity contribution is -0.101. The number of hydrogen-bond acceptors (Lipinski definition) is 4. The van der Waals surface area contributed by atoms with E-state index in [9.17, 15) is 9.59 Å². The van der Waals surface area contributed by atoms with E-state index in [4.69, 9.17) is 4.84 Å². The number of fused-ring (bicyclic) bond motifs is 1. The van der Waals surface area contributed by atoms with E-state index in [2.05, 4.69) is 4.98 Å². The number of amides is 2. The molecule has 1 aliphatic rings. The normalized spacial score (nSPS) is 14.1. The van der Waals surface area contributed by atoms with Crippen LogP contribution in [0.2, 0.25) is 0 Å². The second-order valence-corrected chi connectivity index (χ2v) is 5.13. The monoisotopic (exact) mass is 285 g/mol. The van der Waals surface area contributed by atoms with Gasteiger partial charge in [0, 0.05) is 12.2 Å². The Hall–Kier alpha value is -2.47. The van der Waals surface area contributed by atoms with E-state index in [1.54, 1.807) is 30.6 Å². The van der Waals surface area contributed by atoms with Crippen molar-refractivity contribution in [2.75, 3.05) is 0 Å². The van der Waals surface area contributed by atoms with Crippen LogP contribution in [0.4, 0.5) is 0 Å². The number of benzene rings is 1. The van der Waals surface area contributed by atoms with Crippen LogP contribution >= 0.6 is 0 Å². The number of hydroxylamine groups is 2. The lowest BCUT2D eigenvalue weighted by atomic mass is 10.1. The summed E-state index contributed by atoms with van der Waals surface area (Å²) in [7, 11) is 0. The number of carbonyl (C=O) groups excluding carboxylic acids is 2. The fraction of sp³-hybridized carbons (Fsp3) is 0.267. The zero-order valence-electron chi connectivity index (χ0n) is 11.8. The Morgan fingerprint density at radius 2 is 1.76 bits per heavy atom. The second-order valence-electron chi connectivity index (χ2n) is 5.13. The standard InChI is InChI=1S/C15H15N3O3/c1-10(2)17-7-11(16-9-17)8-21-18-14(19)12-5-3-4-6-13(12)15(18)20/h3-7,9-10H,8H2,1-2H3. The minimum absolute atomic E-state index is 0.0746. The van der Waals surface area contributed by atoms with Gasteiger partial charge in [-0.3, -0.25) is 14.4 Å². The SMILES string of the molecule is CC(C)n1cnc(CON2C(=O)c3ccccc3C2=O)c1. The van der Waals surface area contributed by atoms with Crippen LogP contribution in [0, 0.1) is 0 Å². The summed E-state index contributed by atoms with van der Waals surface area (Å²) in [6.45, 7) is 4.15. The predicted molar refractivity (Wildman–Crippen MR) is 74.3 cm³/mol. The van der Waals surface area contributed by atoms with Crippen molar-refractivity contribution in [2.45, 2.75) is 26.5 Å². The quantitative estimate of drug-likeness (QED) is 0.808. The molecule has 0 bridgehead atoms. The maximum Gasteiger partial charge on any atom is 0.285 e. The molecule has 108 valence electrons. The van der Waals surface area contributed by atoms with Gasteiger partial charge in [-0.25, -0.2) is 4.98 Å². The van der Waals surface area contributed by atoms with E-state index >= 15 is 0 Å². The molecule has 21 heavy (non-hydrogen) atoms. The van der Waals surface area contributed by atoms with Crippen LogP contribution in [-0.2, 0) is 11.4 Å².